The fourth-order valence-electron chi connectivity index (χ4n) is 3.39. The van der Waals surface area contributed by atoms with Gasteiger partial charge in [-0.15, -0.1) is 0 Å². The zero-order chi connectivity index (χ0) is 20.6. The van der Waals surface area contributed by atoms with Crippen LogP contribution < -0.4 is 15.0 Å². The molecule has 154 valence electrons. The quantitative estimate of drug-likeness (QED) is 0.775. The van der Waals surface area contributed by atoms with Crippen molar-refractivity contribution < 1.29 is 14.3 Å². The molecule has 0 spiro atoms. The van der Waals surface area contributed by atoms with E-state index in [1.54, 1.807) is 12.1 Å². The zero-order valence-corrected chi connectivity index (χ0v) is 17.2. The molecule has 1 N–H and O–H groups in total. The molecule has 0 aromatic heterocycles. The number of nitrogens with one attached hydrogen (secondary N) is 1. The van der Waals surface area contributed by atoms with Gasteiger partial charge in [0, 0.05) is 38.2 Å². The number of benzene rings is 2. The number of hydrogen-bond donors (Lipinski definition) is 1. The minimum atomic E-state index is -0.153. The molecule has 1 aliphatic rings. The maximum Gasteiger partial charge on any atom is 0.255 e. The number of para-hydroxylation sites is 2. The van der Waals surface area contributed by atoms with E-state index in [2.05, 4.69) is 17.1 Å². The van der Waals surface area contributed by atoms with Gasteiger partial charge in [-0.3, -0.25) is 9.59 Å². The molecule has 2 aromatic rings. The van der Waals surface area contributed by atoms with Gasteiger partial charge in [0.05, 0.1) is 18.0 Å². The summed E-state index contributed by atoms with van der Waals surface area (Å²) >= 11 is 0. The Morgan fingerprint density at radius 2 is 1.66 bits per heavy atom. The molecule has 1 heterocycles. The number of carbonyl (C=O) groups excluding carboxylic acids is 2. The van der Waals surface area contributed by atoms with E-state index >= 15 is 0 Å². The highest BCUT2D eigenvalue weighted by molar-refractivity contribution is 6.06. The minimum absolute atomic E-state index is 0.153. The lowest BCUT2D eigenvalue weighted by Gasteiger charge is -2.36. The lowest BCUT2D eigenvalue weighted by molar-refractivity contribution is -0.131. The molecule has 0 aliphatic carbocycles. The topological polar surface area (TPSA) is 61.9 Å². The molecule has 0 bridgehead atoms. The molecule has 6 nitrogen and oxygen atoms in total. The molecule has 0 saturated carbocycles. The van der Waals surface area contributed by atoms with Crippen LogP contribution in [0, 0.1) is 0 Å². The van der Waals surface area contributed by atoms with Crippen LogP contribution in [0.2, 0.25) is 0 Å². The monoisotopic (exact) mass is 395 g/mol. The smallest absolute Gasteiger partial charge is 0.255 e. The van der Waals surface area contributed by atoms with Crippen LogP contribution in [0.5, 0.6) is 5.75 Å². The maximum atomic E-state index is 12.7. The highest BCUT2D eigenvalue weighted by Gasteiger charge is 2.22. The van der Waals surface area contributed by atoms with Gasteiger partial charge in [-0.05, 0) is 42.8 Å². The summed E-state index contributed by atoms with van der Waals surface area (Å²) in [5, 5.41) is 3.03. The van der Waals surface area contributed by atoms with Gasteiger partial charge in [0.1, 0.15) is 5.75 Å². The average Bonchev–Trinajstić information content (AvgIpc) is 2.78. The Balaban J connectivity index is 1.66. The number of piperazine rings is 1. The minimum Gasteiger partial charge on any atom is -0.494 e. The van der Waals surface area contributed by atoms with E-state index in [0.717, 1.165) is 36.6 Å². The third kappa shape index (κ3) is 5.28. The van der Waals surface area contributed by atoms with Crippen molar-refractivity contribution in [1.82, 2.24) is 4.90 Å². The third-order valence-corrected chi connectivity index (χ3v) is 5.02. The van der Waals surface area contributed by atoms with Crippen molar-refractivity contribution in [3.63, 3.8) is 0 Å². The molecule has 0 radical (unpaired) electrons. The normalized spacial score (nSPS) is 13.9. The summed E-state index contributed by atoms with van der Waals surface area (Å²) < 4.78 is 5.57. The maximum absolute atomic E-state index is 12.7. The van der Waals surface area contributed by atoms with Gasteiger partial charge < -0.3 is 19.9 Å². The second-order valence-corrected chi connectivity index (χ2v) is 7.07. The Bertz CT molecular complexity index is 828. The van der Waals surface area contributed by atoms with Crippen molar-refractivity contribution in [3.8, 4) is 5.75 Å². The Hall–Kier alpha value is -3.02. The number of amides is 2. The lowest BCUT2D eigenvalue weighted by Crippen LogP contribution is -2.48. The molecule has 2 amide bonds. The van der Waals surface area contributed by atoms with Crippen LogP contribution in [0.25, 0.3) is 0 Å². The molecule has 0 atom stereocenters. The van der Waals surface area contributed by atoms with E-state index in [1.165, 1.54) is 0 Å². The first-order valence-corrected chi connectivity index (χ1v) is 10.3. The zero-order valence-electron chi connectivity index (χ0n) is 17.2. The van der Waals surface area contributed by atoms with Gasteiger partial charge in [0.25, 0.3) is 5.91 Å². The van der Waals surface area contributed by atoms with E-state index in [-0.39, 0.29) is 11.8 Å². The molecule has 1 fully saturated rings. The number of nitrogens with zero attached hydrogens (tertiary/aromatic N) is 2. The molecule has 29 heavy (non-hydrogen) atoms. The van der Waals surface area contributed by atoms with Crippen molar-refractivity contribution in [2.75, 3.05) is 43.0 Å². The molecular formula is C23H29N3O3. The predicted molar refractivity (Wildman–Crippen MR) is 116 cm³/mol. The molecule has 1 saturated heterocycles. The number of anilines is 2. The van der Waals surface area contributed by atoms with Crippen LogP contribution in [0.1, 0.15) is 37.0 Å². The van der Waals surface area contributed by atoms with Crippen LogP contribution in [-0.4, -0.2) is 49.5 Å². The highest BCUT2D eigenvalue weighted by Crippen LogP contribution is 2.27. The standard InChI is InChI=1S/C23H29N3O3/c1-3-17-29-19-11-9-18(10-12-19)23(28)24-20-7-5-6-8-21(20)25-13-15-26(16-14-25)22(27)4-2/h5-12H,3-4,13-17H2,1-2H3,(H,24,28). The van der Waals surface area contributed by atoms with Gasteiger partial charge in [-0.25, -0.2) is 0 Å². The molecule has 1 aliphatic heterocycles. The van der Waals surface area contributed by atoms with Crippen molar-refractivity contribution >= 4 is 23.2 Å². The summed E-state index contributed by atoms with van der Waals surface area (Å²) in [5.74, 6) is 0.806. The molecule has 6 heteroatoms. The Kier molecular flexibility index (Phi) is 7.11. The predicted octanol–water partition coefficient (Wildman–Crippen LogP) is 3.79. The highest BCUT2D eigenvalue weighted by atomic mass is 16.5. The first kappa shape index (κ1) is 20.7. The summed E-state index contributed by atoms with van der Waals surface area (Å²) in [4.78, 5) is 28.8. The summed E-state index contributed by atoms with van der Waals surface area (Å²) in [7, 11) is 0. The fraction of sp³-hybridized carbons (Fsp3) is 0.391. The SMILES string of the molecule is CCCOc1ccc(C(=O)Nc2ccccc2N2CCN(C(=O)CC)CC2)cc1. The largest absolute Gasteiger partial charge is 0.494 e. The molecule has 3 rings (SSSR count). The van der Waals surface area contributed by atoms with Crippen molar-refractivity contribution in [1.29, 1.82) is 0 Å². The Morgan fingerprint density at radius 1 is 0.966 bits per heavy atom. The summed E-state index contributed by atoms with van der Waals surface area (Å²) in [5.41, 5.74) is 2.34. The van der Waals surface area contributed by atoms with Gasteiger partial charge in [-0.2, -0.15) is 0 Å². The second kappa shape index (κ2) is 9.96. The van der Waals surface area contributed by atoms with Crippen LogP contribution in [0.4, 0.5) is 11.4 Å². The molecule has 2 aromatic carbocycles. The number of hydrogen-bond acceptors (Lipinski definition) is 4. The second-order valence-electron chi connectivity index (χ2n) is 7.07. The van der Waals surface area contributed by atoms with Crippen LogP contribution in [0.15, 0.2) is 48.5 Å². The number of carbonyl (C=O) groups is 2. The van der Waals surface area contributed by atoms with E-state index in [1.807, 2.05) is 48.2 Å². The van der Waals surface area contributed by atoms with E-state index in [9.17, 15) is 9.59 Å². The summed E-state index contributed by atoms with van der Waals surface area (Å²) in [6.45, 7) is 7.52. The first-order chi connectivity index (χ1) is 14.1. The Labute approximate surface area is 172 Å². The number of ether oxygens (including phenoxy) is 1. The van der Waals surface area contributed by atoms with Gasteiger partial charge in [-0.1, -0.05) is 26.0 Å². The van der Waals surface area contributed by atoms with Gasteiger partial charge >= 0.3 is 0 Å². The average molecular weight is 396 g/mol. The summed E-state index contributed by atoms with van der Waals surface area (Å²) in [6.07, 6.45) is 1.48. The fourth-order valence-corrected chi connectivity index (χ4v) is 3.39. The van der Waals surface area contributed by atoms with Crippen LogP contribution >= 0.6 is 0 Å². The van der Waals surface area contributed by atoms with E-state index in [4.69, 9.17) is 4.74 Å². The molecular weight excluding hydrogens is 366 g/mol. The van der Waals surface area contributed by atoms with E-state index < -0.39 is 0 Å². The van der Waals surface area contributed by atoms with Crippen LogP contribution in [-0.2, 0) is 4.79 Å². The lowest BCUT2D eigenvalue weighted by atomic mass is 10.1. The van der Waals surface area contributed by atoms with Gasteiger partial charge in [0.15, 0.2) is 0 Å². The van der Waals surface area contributed by atoms with E-state index in [0.29, 0.717) is 31.7 Å². The first-order valence-electron chi connectivity index (χ1n) is 10.3. The van der Waals surface area contributed by atoms with Crippen molar-refractivity contribution in [2.45, 2.75) is 26.7 Å². The molecule has 0 unspecified atom stereocenters. The third-order valence-electron chi connectivity index (χ3n) is 5.02. The number of rotatable bonds is 7. The van der Waals surface area contributed by atoms with Gasteiger partial charge in [0.2, 0.25) is 5.91 Å². The van der Waals surface area contributed by atoms with Crippen LogP contribution in [0.3, 0.4) is 0 Å². The van der Waals surface area contributed by atoms with Crippen molar-refractivity contribution in [3.05, 3.63) is 54.1 Å². The Morgan fingerprint density at radius 3 is 2.31 bits per heavy atom. The van der Waals surface area contributed by atoms with Crippen molar-refractivity contribution in [2.24, 2.45) is 0 Å². The summed E-state index contributed by atoms with van der Waals surface area (Å²) in [6, 6.07) is 15.0.